The van der Waals surface area contributed by atoms with Gasteiger partial charge in [0.05, 0.1) is 17.9 Å². The lowest BCUT2D eigenvalue weighted by Gasteiger charge is -2.71. The van der Waals surface area contributed by atoms with Gasteiger partial charge in [-0.15, -0.1) is 0 Å². The Hall–Kier alpha value is -1.77. The van der Waals surface area contributed by atoms with Crippen molar-refractivity contribution in [3.63, 3.8) is 0 Å². The molecule has 172 valence electrons. The van der Waals surface area contributed by atoms with Crippen LogP contribution in [0.5, 0.6) is 0 Å². The molecule has 7 heteroatoms. The van der Waals surface area contributed by atoms with E-state index in [0.717, 1.165) is 38.2 Å². The molecule has 3 heterocycles. The van der Waals surface area contributed by atoms with Crippen LogP contribution in [0.3, 0.4) is 0 Å². The minimum absolute atomic E-state index is 0.0271. The van der Waals surface area contributed by atoms with Gasteiger partial charge >= 0.3 is 0 Å². The highest BCUT2D eigenvalue weighted by Gasteiger charge is 2.67. The molecular formula is C25H32N2O4S. The zero-order chi connectivity index (χ0) is 22.2. The predicted molar refractivity (Wildman–Crippen MR) is 124 cm³/mol. The Kier molecular flexibility index (Phi) is 6.11. The number of ether oxygens (including phenoxy) is 1. The molecule has 3 aliphatic rings. The van der Waals surface area contributed by atoms with Gasteiger partial charge in [0.15, 0.2) is 0 Å². The molecule has 3 aliphatic heterocycles. The van der Waals surface area contributed by atoms with Gasteiger partial charge in [-0.2, -0.15) is 4.31 Å². The number of sulfonamides is 1. The molecule has 2 aromatic carbocycles. The summed E-state index contributed by atoms with van der Waals surface area (Å²) in [5.41, 5.74) is 1.76. The molecule has 3 saturated heterocycles. The number of rotatable bonds is 7. The maximum atomic E-state index is 13.1. The number of benzene rings is 2. The van der Waals surface area contributed by atoms with E-state index < -0.39 is 10.0 Å². The maximum absolute atomic E-state index is 13.1. The van der Waals surface area contributed by atoms with E-state index in [4.69, 9.17) is 4.74 Å². The zero-order valence-electron chi connectivity index (χ0n) is 18.3. The highest BCUT2D eigenvalue weighted by molar-refractivity contribution is 7.88. The first-order chi connectivity index (χ1) is 15.5. The van der Waals surface area contributed by atoms with Crippen molar-refractivity contribution in [2.45, 2.75) is 36.1 Å². The van der Waals surface area contributed by atoms with Crippen LogP contribution in [-0.2, 0) is 20.5 Å². The van der Waals surface area contributed by atoms with E-state index in [-0.39, 0.29) is 29.9 Å². The van der Waals surface area contributed by atoms with E-state index >= 15 is 0 Å². The van der Waals surface area contributed by atoms with Gasteiger partial charge in [0.25, 0.3) is 0 Å². The number of likely N-dealkylation sites (tertiary alicyclic amines) is 1. The van der Waals surface area contributed by atoms with Crippen LogP contribution in [0.2, 0.25) is 0 Å². The van der Waals surface area contributed by atoms with E-state index in [9.17, 15) is 13.5 Å². The lowest BCUT2D eigenvalue weighted by atomic mass is 9.61. The van der Waals surface area contributed by atoms with Crippen molar-refractivity contribution >= 4 is 10.0 Å². The Morgan fingerprint density at radius 1 is 0.969 bits per heavy atom. The van der Waals surface area contributed by atoms with Crippen molar-refractivity contribution in [2.24, 2.45) is 5.92 Å². The Morgan fingerprint density at radius 2 is 1.59 bits per heavy atom. The minimum Gasteiger partial charge on any atom is -0.395 e. The van der Waals surface area contributed by atoms with Crippen LogP contribution in [0, 0.1) is 5.92 Å². The topological polar surface area (TPSA) is 70.1 Å². The van der Waals surface area contributed by atoms with Crippen molar-refractivity contribution < 1.29 is 18.3 Å². The van der Waals surface area contributed by atoms with E-state index in [0.29, 0.717) is 19.0 Å². The third kappa shape index (κ3) is 3.90. The summed E-state index contributed by atoms with van der Waals surface area (Å²) in [6.07, 6.45) is 2.05. The second-order valence-electron chi connectivity index (χ2n) is 9.46. The van der Waals surface area contributed by atoms with Gasteiger partial charge < -0.3 is 9.84 Å². The Morgan fingerprint density at radius 3 is 2.22 bits per heavy atom. The van der Waals surface area contributed by atoms with Gasteiger partial charge in [-0.1, -0.05) is 60.7 Å². The summed E-state index contributed by atoms with van der Waals surface area (Å²) in [5.74, 6) is 0.696. The van der Waals surface area contributed by atoms with Crippen LogP contribution in [0.25, 0.3) is 0 Å². The SMILES string of the molecule is O=S(=O)(Cc1ccccc1)N1CC2(C1)[C@H](c1ccccc1)[C@@H](CO)N2CC1CCOCC1. The lowest BCUT2D eigenvalue weighted by Crippen LogP contribution is -2.85. The molecule has 0 bridgehead atoms. The van der Waals surface area contributed by atoms with E-state index in [1.165, 1.54) is 5.56 Å². The predicted octanol–water partition coefficient (Wildman–Crippen LogP) is 2.46. The van der Waals surface area contributed by atoms with Crippen LogP contribution in [0.1, 0.15) is 29.9 Å². The molecule has 1 N–H and O–H groups in total. The summed E-state index contributed by atoms with van der Waals surface area (Å²) in [6, 6.07) is 19.7. The molecule has 0 amide bonds. The maximum Gasteiger partial charge on any atom is 0.218 e. The smallest absolute Gasteiger partial charge is 0.218 e. The Labute approximate surface area is 190 Å². The van der Waals surface area contributed by atoms with Crippen LogP contribution in [0.15, 0.2) is 60.7 Å². The molecule has 32 heavy (non-hydrogen) atoms. The fourth-order valence-electron chi connectivity index (χ4n) is 5.90. The molecule has 0 radical (unpaired) electrons. The fraction of sp³-hybridized carbons (Fsp3) is 0.520. The molecule has 1 spiro atoms. The number of aliphatic hydroxyl groups excluding tert-OH is 1. The highest BCUT2D eigenvalue weighted by Crippen LogP contribution is 2.55. The highest BCUT2D eigenvalue weighted by atomic mass is 32.2. The summed E-state index contributed by atoms with van der Waals surface area (Å²) in [7, 11) is -3.39. The van der Waals surface area contributed by atoms with Crippen molar-refractivity contribution in [3.05, 3.63) is 71.8 Å². The summed E-state index contributed by atoms with van der Waals surface area (Å²) in [5, 5.41) is 10.3. The van der Waals surface area contributed by atoms with Gasteiger partial charge in [-0.25, -0.2) is 8.42 Å². The quantitative estimate of drug-likeness (QED) is 0.693. The van der Waals surface area contributed by atoms with Crippen LogP contribution < -0.4 is 0 Å². The first-order valence-electron chi connectivity index (χ1n) is 11.6. The monoisotopic (exact) mass is 456 g/mol. The number of hydrogen-bond acceptors (Lipinski definition) is 5. The number of nitrogens with zero attached hydrogens (tertiary/aromatic N) is 2. The normalized spacial score (nSPS) is 26.5. The van der Waals surface area contributed by atoms with Gasteiger partial charge in [0.2, 0.25) is 10.0 Å². The molecule has 0 unspecified atom stereocenters. The molecule has 3 fully saturated rings. The third-order valence-corrected chi connectivity index (χ3v) is 9.31. The van der Waals surface area contributed by atoms with E-state index in [2.05, 4.69) is 17.0 Å². The third-order valence-electron chi connectivity index (χ3n) is 7.56. The largest absolute Gasteiger partial charge is 0.395 e. The molecule has 5 rings (SSSR count). The van der Waals surface area contributed by atoms with Gasteiger partial charge in [-0.3, -0.25) is 4.90 Å². The minimum atomic E-state index is -3.39. The second-order valence-corrected chi connectivity index (χ2v) is 11.4. The second kappa shape index (κ2) is 8.88. The van der Waals surface area contributed by atoms with Crippen molar-refractivity contribution in [2.75, 3.05) is 39.5 Å². The van der Waals surface area contributed by atoms with E-state index in [1.54, 1.807) is 4.31 Å². The average Bonchev–Trinajstić information content (AvgIpc) is 2.77. The van der Waals surface area contributed by atoms with E-state index in [1.807, 2.05) is 48.5 Å². The zero-order valence-corrected chi connectivity index (χ0v) is 19.2. The van der Waals surface area contributed by atoms with Crippen molar-refractivity contribution in [1.82, 2.24) is 9.21 Å². The molecule has 0 saturated carbocycles. The number of aliphatic hydroxyl groups is 1. The summed E-state index contributed by atoms with van der Waals surface area (Å²) in [4.78, 5) is 2.41. The molecule has 0 aromatic heterocycles. The summed E-state index contributed by atoms with van der Waals surface area (Å²) in [6.45, 7) is 3.53. The van der Waals surface area contributed by atoms with Crippen molar-refractivity contribution in [3.8, 4) is 0 Å². The number of hydrogen-bond donors (Lipinski definition) is 1. The lowest BCUT2D eigenvalue weighted by molar-refractivity contribution is -0.178. The van der Waals surface area contributed by atoms with Gasteiger partial charge in [0, 0.05) is 44.8 Å². The van der Waals surface area contributed by atoms with Gasteiger partial charge in [0.1, 0.15) is 0 Å². The molecule has 6 nitrogen and oxygen atoms in total. The Balaban J connectivity index is 1.38. The van der Waals surface area contributed by atoms with Crippen LogP contribution in [0.4, 0.5) is 0 Å². The summed E-state index contributed by atoms with van der Waals surface area (Å²) < 4.78 is 33.5. The molecule has 2 atom stereocenters. The van der Waals surface area contributed by atoms with Crippen molar-refractivity contribution in [1.29, 1.82) is 0 Å². The molecular weight excluding hydrogens is 424 g/mol. The van der Waals surface area contributed by atoms with Crippen LogP contribution >= 0.6 is 0 Å². The molecule has 2 aromatic rings. The molecule has 0 aliphatic carbocycles. The fourth-order valence-corrected chi connectivity index (χ4v) is 7.54. The first kappa shape index (κ1) is 22.0. The summed E-state index contributed by atoms with van der Waals surface area (Å²) >= 11 is 0. The average molecular weight is 457 g/mol. The first-order valence-corrected chi connectivity index (χ1v) is 13.2. The van der Waals surface area contributed by atoms with Crippen LogP contribution in [-0.4, -0.2) is 73.8 Å². The standard InChI is InChI=1S/C25H32N2O4S/c28-16-23-24(22-9-5-2-6-10-22)25(27(23)15-20-11-13-31-14-12-20)18-26(19-25)32(29,30)17-21-7-3-1-4-8-21/h1-10,20,23-24,28H,11-19H2/t23-,24-/m1/s1. The Bertz CT molecular complexity index is 1000. The van der Waals surface area contributed by atoms with Gasteiger partial charge in [-0.05, 0) is 29.9 Å².